The van der Waals surface area contributed by atoms with E-state index in [4.69, 9.17) is 4.42 Å². The number of nitrogens with zero attached hydrogens (tertiary/aromatic N) is 1. The topological polar surface area (TPSA) is 45.5 Å². The standard InChI is InChI=1S/C17H22N2O2/c1-4-19(5-2)12-14-7-6-8-15(11-14)18-17(20)16-10-9-13(3)21-16/h6-11H,4-5,12H2,1-3H3,(H,18,20). The van der Waals surface area contributed by atoms with Gasteiger partial charge in [-0.05, 0) is 49.8 Å². The van der Waals surface area contributed by atoms with Gasteiger partial charge in [-0.1, -0.05) is 26.0 Å². The van der Waals surface area contributed by atoms with Crippen LogP contribution >= 0.6 is 0 Å². The Labute approximate surface area is 125 Å². The number of carbonyl (C=O) groups excluding carboxylic acids is 1. The van der Waals surface area contributed by atoms with Crippen molar-refractivity contribution in [1.29, 1.82) is 0 Å². The number of hydrogen-bond acceptors (Lipinski definition) is 3. The molecule has 0 aliphatic rings. The first-order chi connectivity index (χ1) is 10.1. The number of aryl methyl sites for hydroxylation is 1. The minimum Gasteiger partial charge on any atom is -0.456 e. The summed E-state index contributed by atoms with van der Waals surface area (Å²) in [5, 5.41) is 2.87. The van der Waals surface area contributed by atoms with Crippen LogP contribution < -0.4 is 5.32 Å². The lowest BCUT2D eigenvalue weighted by atomic mass is 10.2. The van der Waals surface area contributed by atoms with Gasteiger partial charge in [-0.3, -0.25) is 9.69 Å². The number of hydrogen-bond donors (Lipinski definition) is 1. The quantitative estimate of drug-likeness (QED) is 0.881. The molecule has 1 aromatic heterocycles. The molecule has 0 spiro atoms. The van der Waals surface area contributed by atoms with Gasteiger partial charge in [0.2, 0.25) is 0 Å². The molecule has 1 aromatic carbocycles. The molecule has 21 heavy (non-hydrogen) atoms. The Balaban J connectivity index is 2.05. The van der Waals surface area contributed by atoms with E-state index in [-0.39, 0.29) is 5.91 Å². The molecule has 0 aliphatic carbocycles. The van der Waals surface area contributed by atoms with Crippen molar-refractivity contribution in [1.82, 2.24) is 4.90 Å². The Morgan fingerprint density at radius 2 is 1.95 bits per heavy atom. The van der Waals surface area contributed by atoms with Gasteiger partial charge in [-0.15, -0.1) is 0 Å². The van der Waals surface area contributed by atoms with E-state index in [0.717, 1.165) is 31.1 Å². The van der Waals surface area contributed by atoms with Crippen LogP contribution in [0, 0.1) is 6.92 Å². The number of rotatable bonds is 6. The van der Waals surface area contributed by atoms with Crippen molar-refractivity contribution in [2.75, 3.05) is 18.4 Å². The highest BCUT2D eigenvalue weighted by Gasteiger charge is 2.10. The van der Waals surface area contributed by atoms with Crippen molar-refractivity contribution in [3.05, 3.63) is 53.5 Å². The van der Waals surface area contributed by atoms with E-state index in [1.54, 1.807) is 12.1 Å². The normalized spacial score (nSPS) is 10.9. The van der Waals surface area contributed by atoms with Gasteiger partial charge >= 0.3 is 0 Å². The van der Waals surface area contributed by atoms with Crippen LogP contribution in [-0.2, 0) is 6.54 Å². The molecule has 0 bridgehead atoms. The lowest BCUT2D eigenvalue weighted by Crippen LogP contribution is -2.22. The monoisotopic (exact) mass is 286 g/mol. The number of benzene rings is 1. The van der Waals surface area contributed by atoms with E-state index >= 15 is 0 Å². The Kier molecular flexibility index (Phi) is 5.17. The molecule has 0 aliphatic heterocycles. The van der Waals surface area contributed by atoms with Gasteiger partial charge in [0.05, 0.1) is 0 Å². The zero-order valence-electron chi connectivity index (χ0n) is 12.8. The summed E-state index contributed by atoms with van der Waals surface area (Å²) in [6.07, 6.45) is 0. The summed E-state index contributed by atoms with van der Waals surface area (Å²) in [5.74, 6) is 0.847. The average Bonchev–Trinajstić information content (AvgIpc) is 2.92. The third-order valence-corrected chi connectivity index (χ3v) is 3.45. The zero-order valence-corrected chi connectivity index (χ0v) is 12.8. The van der Waals surface area contributed by atoms with Gasteiger partial charge < -0.3 is 9.73 Å². The van der Waals surface area contributed by atoms with Crippen LogP contribution in [0.25, 0.3) is 0 Å². The fraction of sp³-hybridized carbons (Fsp3) is 0.353. The maximum absolute atomic E-state index is 12.1. The summed E-state index contributed by atoms with van der Waals surface area (Å²) in [6, 6.07) is 11.4. The van der Waals surface area contributed by atoms with E-state index in [0.29, 0.717) is 5.76 Å². The molecule has 2 aromatic rings. The number of furan rings is 1. The molecule has 1 N–H and O–H groups in total. The fourth-order valence-corrected chi connectivity index (χ4v) is 2.20. The summed E-state index contributed by atoms with van der Waals surface area (Å²) in [7, 11) is 0. The molecule has 0 radical (unpaired) electrons. The number of amides is 1. The van der Waals surface area contributed by atoms with Gasteiger partial charge in [0.25, 0.3) is 5.91 Å². The molecular formula is C17H22N2O2. The van der Waals surface area contributed by atoms with Crippen LogP contribution in [0.4, 0.5) is 5.69 Å². The molecular weight excluding hydrogens is 264 g/mol. The van der Waals surface area contributed by atoms with Crippen molar-refractivity contribution in [2.45, 2.75) is 27.3 Å². The van der Waals surface area contributed by atoms with Crippen LogP contribution in [0.1, 0.15) is 35.7 Å². The maximum atomic E-state index is 12.1. The van der Waals surface area contributed by atoms with Crippen molar-refractivity contribution in [2.24, 2.45) is 0 Å². The van der Waals surface area contributed by atoms with Crippen molar-refractivity contribution in [3.63, 3.8) is 0 Å². The van der Waals surface area contributed by atoms with Crippen LogP contribution in [-0.4, -0.2) is 23.9 Å². The second kappa shape index (κ2) is 7.09. The Morgan fingerprint density at radius 1 is 1.19 bits per heavy atom. The third-order valence-electron chi connectivity index (χ3n) is 3.45. The Bertz CT molecular complexity index is 600. The lowest BCUT2D eigenvalue weighted by Gasteiger charge is -2.18. The third kappa shape index (κ3) is 4.20. The summed E-state index contributed by atoms with van der Waals surface area (Å²) >= 11 is 0. The minimum atomic E-state index is -0.219. The van der Waals surface area contributed by atoms with Gasteiger partial charge in [-0.25, -0.2) is 0 Å². The predicted octanol–water partition coefficient (Wildman–Crippen LogP) is 3.68. The smallest absolute Gasteiger partial charge is 0.291 e. The highest BCUT2D eigenvalue weighted by Crippen LogP contribution is 2.15. The van der Waals surface area contributed by atoms with Gasteiger partial charge in [-0.2, -0.15) is 0 Å². The second-order valence-electron chi connectivity index (χ2n) is 5.03. The Hall–Kier alpha value is -2.07. The van der Waals surface area contributed by atoms with Crippen LogP contribution in [0.2, 0.25) is 0 Å². The SMILES string of the molecule is CCN(CC)Cc1cccc(NC(=O)c2ccc(C)o2)c1. The van der Waals surface area contributed by atoms with Gasteiger partial charge in [0, 0.05) is 12.2 Å². The molecule has 0 unspecified atom stereocenters. The molecule has 112 valence electrons. The number of anilines is 1. The first-order valence-corrected chi connectivity index (χ1v) is 7.31. The van der Waals surface area contributed by atoms with E-state index < -0.39 is 0 Å². The highest BCUT2D eigenvalue weighted by atomic mass is 16.3. The predicted molar refractivity (Wildman–Crippen MR) is 84.5 cm³/mol. The van der Waals surface area contributed by atoms with E-state index in [9.17, 15) is 4.79 Å². The molecule has 0 saturated heterocycles. The summed E-state index contributed by atoms with van der Waals surface area (Å²) in [6.45, 7) is 9.03. The largest absolute Gasteiger partial charge is 0.456 e. The number of nitrogens with one attached hydrogen (secondary N) is 1. The molecule has 4 heteroatoms. The van der Waals surface area contributed by atoms with E-state index in [1.165, 1.54) is 5.56 Å². The van der Waals surface area contributed by atoms with Gasteiger partial charge in [0.15, 0.2) is 5.76 Å². The van der Waals surface area contributed by atoms with Crippen molar-refractivity contribution in [3.8, 4) is 0 Å². The minimum absolute atomic E-state index is 0.219. The van der Waals surface area contributed by atoms with Crippen LogP contribution in [0.3, 0.4) is 0 Å². The van der Waals surface area contributed by atoms with E-state index in [2.05, 4.69) is 30.1 Å². The molecule has 2 rings (SSSR count). The van der Waals surface area contributed by atoms with Crippen molar-refractivity contribution < 1.29 is 9.21 Å². The van der Waals surface area contributed by atoms with Crippen molar-refractivity contribution >= 4 is 11.6 Å². The second-order valence-corrected chi connectivity index (χ2v) is 5.03. The van der Waals surface area contributed by atoms with Gasteiger partial charge in [0.1, 0.15) is 5.76 Å². The summed E-state index contributed by atoms with van der Waals surface area (Å²) < 4.78 is 5.33. The molecule has 1 heterocycles. The summed E-state index contributed by atoms with van der Waals surface area (Å²) in [4.78, 5) is 14.4. The maximum Gasteiger partial charge on any atom is 0.291 e. The zero-order chi connectivity index (χ0) is 15.2. The lowest BCUT2D eigenvalue weighted by molar-refractivity contribution is 0.0995. The van der Waals surface area contributed by atoms with Crippen LogP contribution in [0.15, 0.2) is 40.8 Å². The average molecular weight is 286 g/mol. The van der Waals surface area contributed by atoms with Crippen LogP contribution in [0.5, 0.6) is 0 Å². The molecule has 0 saturated carbocycles. The van der Waals surface area contributed by atoms with E-state index in [1.807, 2.05) is 25.1 Å². The fourth-order valence-electron chi connectivity index (χ4n) is 2.20. The molecule has 0 fully saturated rings. The molecule has 0 atom stereocenters. The molecule has 4 nitrogen and oxygen atoms in total. The highest BCUT2D eigenvalue weighted by molar-refractivity contribution is 6.02. The number of carbonyl (C=O) groups is 1. The Morgan fingerprint density at radius 3 is 2.57 bits per heavy atom. The first kappa shape index (κ1) is 15.3. The first-order valence-electron chi connectivity index (χ1n) is 7.31. The summed E-state index contributed by atoms with van der Waals surface area (Å²) in [5.41, 5.74) is 1.98. The molecule has 1 amide bonds.